The maximum Gasteiger partial charge on any atom is 0.275 e. The first kappa shape index (κ1) is 14.3. The van der Waals surface area contributed by atoms with Crippen molar-refractivity contribution in [2.75, 3.05) is 6.61 Å². The summed E-state index contributed by atoms with van der Waals surface area (Å²) in [5.41, 5.74) is 3.00. The zero-order valence-electron chi connectivity index (χ0n) is 11.2. The normalized spacial score (nSPS) is 10.7. The van der Waals surface area contributed by atoms with Crippen LogP contribution in [0.15, 0.2) is 46.9 Å². The summed E-state index contributed by atoms with van der Waals surface area (Å²) in [6.45, 7) is 2.61. The molecule has 1 amide bonds. The molecule has 0 radical (unpaired) electrons. The highest BCUT2D eigenvalue weighted by molar-refractivity contribution is 7.11. The molecule has 0 aliphatic carbocycles. The first-order valence-electron chi connectivity index (χ1n) is 6.40. The fraction of sp³-hybridized carbons (Fsp3) is 0.200. The number of carbonyl (C=O) groups is 1. The molecule has 0 atom stereocenters. The number of thiophene rings is 1. The summed E-state index contributed by atoms with van der Waals surface area (Å²) in [6.07, 6.45) is 2.52. The highest BCUT2D eigenvalue weighted by atomic mass is 32.1. The van der Waals surface area contributed by atoms with Crippen LogP contribution in [-0.2, 0) is 0 Å². The van der Waals surface area contributed by atoms with Gasteiger partial charge in [0.15, 0.2) is 0 Å². The molecular formula is C15H16N2O2S. The second-order valence-electron chi connectivity index (χ2n) is 4.06. The first-order valence-corrected chi connectivity index (χ1v) is 7.28. The van der Waals surface area contributed by atoms with E-state index in [1.807, 2.05) is 30.5 Å². The molecule has 104 valence electrons. The molecule has 0 fully saturated rings. The van der Waals surface area contributed by atoms with Crippen molar-refractivity contribution in [3.05, 3.63) is 52.2 Å². The van der Waals surface area contributed by atoms with Gasteiger partial charge in [-0.1, -0.05) is 25.1 Å². The minimum absolute atomic E-state index is 0.274. The van der Waals surface area contributed by atoms with Crippen molar-refractivity contribution in [3.63, 3.8) is 0 Å². The van der Waals surface area contributed by atoms with Gasteiger partial charge in [0.25, 0.3) is 5.91 Å². The molecule has 0 saturated carbocycles. The van der Waals surface area contributed by atoms with Gasteiger partial charge in [-0.25, -0.2) is 5.43 Å². The van der Waals surface area contributed by atoms with Gasteiger partial charge >= 0.3 is 0 Å². The Bertz CT molecular complexity index is 579. The number of benzene rings is 1. The van der Waals surface area contributed by atoms with Crippen molar-refractivity contribution in [2.24, 2.45) is 5.10 Å². The molecule has 0 unspecified atom stereocenters. The van der Waals surface area contributed by atoms with E-state index < -0.39 is 0 Å². The topological polar surface area (TPSA) is 50.7 Å². The SMILES string of the molecule is CCCOc1ccccc1C(=O)NN=Cc1cccs1. The lowest BCUT2D eigenvalue weighted by Gasteiger charge is -2.09. The monoisotopic (exact) mass is 288 g/mol. The second kappa shape index (κ2) is 7.45. The lowest BCUT2D eigenvalue weighted by Crippen LogP contribution is -2.18. The van der Waals surface area contributed by atoms with Crippen molar-refractivity contribution >= 4 is 23.5 Å². The number of hydrogen-bond acceptors (Lipinski definition) is 4. The second-order valence-corrected chi connectivity index (χ2v) is 5.04. The highest BCUT2D eigenvalue weighted by Crippen LogP contribution is 2.17. The van der Waals surface area contributed by atoms with E-state index >= 15 is 0 Å². The maximum absolute atomic E-state index is 12.1. The summed E-state index contributed by atoms with van der Waals surface area (Å²) >= 11 is 1.56. The van der Waals surface area contributed by atoms with E-state index in [1.54, 1.807) is 35.8 Å². The predicted octanol–water partition coefficient (Wildman–Crippen LogP) is 3.30. The van der Waals surface area contributed by atoms with Gasteiger partial charge in [0.05, 0.1) is 18.4 Å². The standard InChI is InChI=1S/C15H16N2O2S/c1-2-9-19-14-8-4-3-7-13(14)15(18)17-16-11-12-6-5-10-20-12/h3-8,10-11H,2,9H2,1H3,(H,17,18). The van der Waals surface area contributed by atoms with Gasteiger partial charge in [-0.15, -0.1) is 11.3 Å². The fourth-order valence-corrected chi connectivity index (χ4v) is 2.16. The lowest BCUT2D eigenvalue weighted by molar-refractivity contribution is 0.0951. The van der Waals surface area contributed by atoms with E-state index in [-0.39, 0.29) is 5.91 Å². The highest BCUT2D eigenvalue weighted by Gasteiger charge is 2.10. The van der Waals surface area contributed by atoms with Gasteiger partial charge in [-0.05, 0) is 30.0 Å². The quantitative estimate of drug-likeness (QED) is 0.655. The molecule has 0 bridgehead atoms. The van der Waals surface area contributed by atoms with Crippen LogP contribution in [0.25, 0.3) is 0 Å². The van der Waals surface area contributed by atoms with Crippen molar-refractivity contribution in [2.45, 2.75) is 13.3 Å². The summed E-state index contributed by atoms with van der Waals surface area (Å²) in [6, 6.07) is 11.0. The van der Waals surface area contributed by atoms with Gasteiger partial charge in [-0.3, -0.25) is 4.79 Å². The first-order chi connectivity index (χ1) is 9.81. The number of carbonyl (C=O) groups excluding carboxylic acids is 1. The lowest BCUT2D eigenvalue weighted by atomic mass is 10.2. The molecule has 4 nitrogen and oxygen atoms in total. The maximum atomic E-state index is 12.1. The zero-order valence-corrected chi connectivity index (χ0v) is 12.0. The predicted molar refractivity (Wildman–Crippen MR) is 81.6 cm³/mol. The Morgan fingerprint density at radius 3 is 2.95 bits per heavy atom. The number of hydrogen-bond donors (Lipinski definition) is 1. The smallest absolute Gasteiger partial charge is 0.275 e. The number of ether oxygens (including phenoxy) is 1. The largest absolute Gasteiger partial charge is 0.493 e. The van der Waals surface area contributed by atoms with Crippen LogP contribution in [0, 0.1) is 0 Å². The van der Waals surface area contributed by atoms with Crippen LogP contribution in [0.1, 0.15) is 28.6 Å². The molecule has 2 aromatic rings. The Balaban J connectivity index is 2.01. The fourth-order valence-electron chi connectivity index (χ4n) is 1.57. The summed E-state index contributed by atoms with van der Waals surface area (Å²) < 4.78 is 5.55. The Kier molecular flexibility index (Phi) is 5.32. The number of para-hydroxylation sites is 1. The van der Waals surface area contributed by atoms with Gasteiger partial charge in [0.1, 0.15) is 5.75 Å². The Hall–Kier alpha value is -2.14. The third kappa shape index (κ3) is 3.93. The van der Waals surface area contributed by atoms with Crippen LogP contribution in [0.3, 0.4) is 0 Å². The van der Waals surface area contributed by atoms with E-state index in [1.165, 1.54) is 0 Å². The molecule has 0 saturated heterocycles. The summed E-state index contributed by atoms with van der Waals surface area (Å²) in [5.74, 6) is 0.308. The van der Waals surface area contributed by atoms with Crippen molar-refractivity contribution in [1.82, 2.24) is 5.43 Å². The summed E-state index contributed by atoms with van der Waals surface area (Å²) in [5, 5.41) is 5.90. The molecule has 0 spiro atoms. The van der Waals surface area contributed by atoms with Crippen molar-refractivity contribution in [1.29, 1.82) is 0 Å². The summed E-state index contributed by atoms with van der Waals surface area (Å²) in [4.78, 5) is 13.0. The van der Waals surface area contributed by atoms with Gasteiger partial charge in [-0.2, -0.15) is 5.10 Å². The molecule has 20 heavy (non-hydrogen) atoms. The number of rotatable bonds is 6. The molecule has 0 aliphatic heterocycles. The molecule has 0 aliphatic rings. The molecule has 1 aromatic carbocycles. The van der Waals surface area contributed by atoms with Crippen molar-refractivity contribution < 1.29 is 9.53 Å². The van der Waals surface area contributed by atoms with E-state index in [9.17, 15) is 4.79 Å². The van der Waals surface area contributed by atoms with Gasteiger partial charge < -0.3 is 4.74 Å². The molecule has 1 heterocycles. The molecular weight excluding hydrogens is 272 g/mol. The number of nitrogens with zero attached hydrogens (tertiary/aromatic N) is 1. The van der Waals surface area contributed by atoms with Crippen LogP contribution < -0.4 is 10.2 Å². The number of hydrazone groups is 1. The van der Waals surface area contributed by atoms with Gasteiger partial charge in [0.2, 0.25) is 0 Å². The van der Waals surface area contributed by atoms with Crippen LogP contribution >= 0.6 is 11.3 Å². The summed E-state index contributed by atoms with van der Waals surface area (Å²) in [7, 11) is 0. The molecule has 5 heteroatoms. The number of amides is 1. The molecule has 2 rings (SSSR count). The third-order valence-electron chi connectivity index (χ3n) is 2.49. The van der Waals surface area contributed by atoms with E-state index in [4.69, 9.17) is 4.74 Å². The Morgan fingerprint density at radius 2 is 2.20 bits per heavy atom. The van der Waals surface area contributed by atoms with E-state index in [0.29, 0.717) is 17.9 Å². The zero-order chi connectivity index (χ0) is 14.2. The molecule has 1 N–H and O–H groups in total. The number of nitrogens with one attached hydrogen (secondary N) is 1. The Labute approximate surface area is 122 Å². The van der Waals surface area contributed by atoms with Crippen LogP contribution in [-0.4, -0.2) is 18.7 Å². The van der Waals surface area contributed by atoms with Crippen LogP contribution in [0.2, 0.25) is 0 Å². The van der Waals surface area contributed by atoms with Crippen molar-refractivity contribution in [3.8, 4) is 5.75 Å². The van der Waals surface area contributed by atoms with Crippen LogP contribution in [0.5, 0.6) is 5.75 Å². The molecule has 1 aromatic heterocycles. The van der Waals surface area contributed by atoms with Crippen LogP contribution in [0.4, 0.5) is 0 Å². The van der Waals surface area contributed by atoms with E-state index in [2.05, 4.69) is 10.5 Å². The minimum atomic E-state index is -0.274. The third-order valence-corrected chi connectivity index (χ3v) is 3.30. The average molecular weight is 288 g/mol. The average Bonchev–Trinajstić information content (AvgIpc) is 2.98. The van der Waals surface area contributed by atoms with E-state index in [0.717, 1.165) is 11.3 Å². The Morgan fingerprint density at radius 1 is 1.35 bits per heavy atom. The van der Waals surface area contributed by atoms with Gasteiger partial charge in [0, 0.05) is 4.88 Å². The minimum Gasteiger partial charge on any atom is -0.493 e.